The van der Waals surface area contributed by atoms with Crippen LogP contribution in [0.1, 0.15) is 16.1 Å². The van der Waals surface area contributed by atoms with Gasteiger partial charge >= 0.3 is 6.03 Å². The second kappa shape index (κ2) is 8.99. The maximum Gasteiger partial charge on any atom is 0.325 e. The molecule has 0 radical (unpaired) electrons. The lowest BCUT2D eigenvalue weighted by Crippen LogP contribution is -2.19. The lowest BCUT2D eigenvalue weighted by atomic mass is 10.1. The summed E-state index contributed by atoms with van der Waals surface area (Å²) in [4.78, 5) is 24.8. The number of benzene rings is 2. The van der Waals surface area contributed by atoms with Gasteiger partial charge in [-0.05, 0) is 48.5 Å². The molecular weight excluding hydrogens is 473 g/mol. The first-order valence-corrected chi connectivity index (χ1v) is 10.7. The third kappa shape index (κ3) is 4.59. The fourth-order valence-corrected chi connectivity index (χ4v) is 4.17. The molecular formula is C21H15Cl2N5O3S. The summed E-state index contributed by atoms with van der Waals surface area (Å²) in [5.41, 5.74) is 1.89. The minimum Gasteiger partial charge on any atom is -0.506 e. The summed E-state index contributed by atoms with van der Waals surface area (Å²) in [6.07, 6.45) is 1.80. The van der Waals surface area contributed by atoms with Crippen LogP contribution in [-0.4, -0.2) is 31.7 Å². The van der Waals surface area contributed by atoms with E-state index in [4.69, 9.17) is 23.2 Å². The Bertz CT molecular complexity index is 1320. The van der Waals surface area contributed by atoms with E-state index in [9.17, 15) is 14.7 Å². The highest BCUT2D eigenvalue weighted by Crippen LogP contribution is 2.39. The van der Waals surface area contributed by atoms with E-state index >= 15 is 0 Å². The number of hydrogen-bond donors (Lipinski definition) is 3. The zero-order valence-corrected chi connectivity index (χ0v) is 18.8. The van der Waals surface area contributed by atoms with Gasteiger partial charge < -0.3 is 15.0 Å². The molecule has 0 fully saturated rings. The van der Waals surface area contributed by atoms with Crippen LogP contribution in [0.15, 0.2) is 54.7 Å². The van der Waals surface area contributed by atoms with Gasteiger partial charge in [0, 0.05) is 29.5 Å². The van der Waals surface area contributed by atoms with Crippen molar-refractivity contribution in [3.05, 3.63) is 76.0 Å². The van der Waals surface area contributed by atoms with E-state index in [2.05, 4.69) is 20.8 Å². The Morgan fingerprint density at radius 1 is 1.06 bits per heavy atom. The molecule has 0 saturated carbocycles. The SMILES string of the molecule is Cn1cccc1C(=O)c1ccc(NC(=O)Nc2nnc(-c3cc(Cl)cc(Cl)c3O)s2)cc1. The Balaban J connectivity index is 1.42. The van der Waals surface area contributed by atoms with Gasteiger partial charge in [-0.1, -0.05) is 34.5 Å². The van der Waals surface area contributed by atoms with Gasteiger partial charge in [-0.25, -0.2) is 4.79 Å². The normalized spacial score (nSPS) is 10.7. The van der Waals surface area contributed by atoms with Gasteiger partial charge in [-0.3, -0.25) is 10.1 Å². The van der Waals surface area contributed by atoms with Crippen molar-refractivity contribution in [3.63, 3.8) is 0 Å². The number of halogens is 2. The molecule has 0 aliphatic heterocycles. The number of nitrogens with zero attached hydrogens (tertiary/aromatic N) is 3. The molecule has 0 aliphatic rings. The standard InChI is InChI=1S/C21H15Cl2N5O3S/c1-28-8-2-3-16(28)17(29)11-4-6-13(7-5-11)24-20(31)25-21-27-26-19(32-21)14-9-12(22)10-15(23)18(14)30/h2-10,30H,1H3,(H2,24,25,27,31). The average molecular weight is 488 g/mol. The number of nitrogens with one attached hydrogen (secondary N) is 2. The van der Waals surface area contributed by atoms with Gasteiger partial charge in [-0.2, -0.15) is 0 Å². The van der Waals surface area contributed by atoms with Gasteiger partial charge in [0.05, 0.1) is 16.3 Å². The topological polar surface area (TPSA) is 109 Å². The summed E-state index contributed by atoms with van der Waals surface area (Å²) < 4.78 is 1.75. The van der Waals surface area contributed by atoms with E-state index in [1.54, 1.807) is 54.2 Å². The van der Waals surface area contributed by atoms with Crippen molar-refractivity contribution in [2.24, 2.45) is 7.05 Å². The second-order valence-electron chi connectivity index (χ2n) is 6.69. The maximum absolute atomic E-state index is 12.5. The second-order valence-corrected chi connectivity index (χ2v) is 8.51. The van der Waals surface area contributed by atoms with Gasteiger partial charge in [0.25, 0.3) is 0 Å². The molecule has 32 heavy (non-hydrogen) atoms. The fourth-order valence-electron chi connectivity index (χ4n) is 2.92. The largest absolute Gasteiger partial charge is 0.506 e. The van der Waals surface area contributed by atoms with Crippen LogP contribution >= 0.6 is 34.5 Å². The first kappa shape index (κ1) is 21.8. The summed E-state index contributed by atoms with van der Waals surface area (Å²) in [7, 11) is 1.80. The summed E-state index contributed by atoms with van der Waals surface area (Å²) in [6.45, 7) is 0. The number of phenolic OH excluding ortho intramolecular Hbond substituents is 1. The molecule has 0 atom stereocenters. The molecule has 0 bridgehead atoms. The Morgan fingerprint density at radius 2 is 1.81 bits per heavy atom. The van der Waals surface area contributed by atoms with Gasteiger partial charge in [0.2, 0.25) is 10.9 Å². The van der Waals surface area contributed by atoms with Crippen molar-refractivity contribution in [1.82, 2.24) is 14.8 Å². The van der Waals surface area contributed by atoms with Crippen LogP contribution in [0.4, 0.5) is 15.6 Å². The van der Waals surface area contributed by atoms with Crippen molar-refractivity contribution in [2.75, 3.05) is 10.6 Å². The maximum atomic E-state index is 12.5. The number of ketones is 1. The van der Waals surface area contributed by atoms with E-state index < -0.39 is 6.03 Å². The minimum atomic E-state index is -0.539. The predicted octanol–water partition coefficient (Wildman–Crippen LogP) is 5.43. The highest BCUT2D eigenvalue weighted by atomic mass is 35.5. The van der Waals surface area contributed by atoms with Crippen LogP contribution in [0.2, 0.25) is 10.0 Å². The first-order valence-electron chi connectivity index (χ1n) is 9.18. The van der Waals surface area contributed by atoms with Crippen LogP contribution in [0.5, 0.6) is 5.75 Å². The zero-order chi connectivity index (χ0) is 22.8. The number of phenols is 1. The molecule has 8 nitrogen and oxygen atoms in total. The molecule has 2 amide bonds. The van der Waals surface area contributed by atoms with Crippen LogP contribution in [0, 0.1) is 0 Å². The van der Waals surface area contributed by atoms with E-state index in [0.29, 0.717) is 32.5 Å². The molecule has 0 spiro atoms. The Hall–Kier alpha value is -3.40. The Morgan fingerprint density at radius 3 is 2.50 bits per heavy atom. The predicted molar refractivity (Wildman–Crippen MR) is 125 cm³/mol. The van der Waals surface area contributed by atoms with E-state index in [0.717, 1.165) is 11.3 Å². The third-order valence-corrected chi connectivity index (χ3v) is 5.86. The lowest BCUT2D eigenvalue weighted by molar-refractivity contribution is 0.103. The molecule has 3 N–H and O–H groups in total. The van der Waals surface area contributed by atoms with Gasteiger partial charge in [-0.15, -0.1) is 10.2 Å². The first-order chi connectivity index (χ1) is 15.3. The number of carbonyl (C=O) groups is 2. The molecule has 2 heterocycles. The molecule has 0 aliphatic carbocycles. The molecule has 4 rings (SSSR count). The van der Waals surface area contributed by atoms with Crippen molar-refractivity contribution >= 4 is 57.2 Å². The Kier molecular flexibility index (Phi) is 6.13. The van der Waals surface area contributed by atoms with Crippen molar-refractivity contribution < 1.29 is 14.7 Å². The molecule has 0 saturated heterocycles. The van der Waals surface area contributed by atoms with E-state index in [1.165, 1.54) is 12.1 Å². The summed E-state index contributed by atoms with van der Waals surface area (Å²) >= 11 is 13.0. The summed E-state index contributed by atoms with van der Waals surface area (Å²) in [5, 5.41) is 24.2. The molecule has 4 aromatic rings. The number of rotatable bonds is 5. The molecule has 2 aromatic carbocycles. The highest BCUT2D eigenvalue weighted by Gasteiger charge is 2.16. The van der Waals surface area contributed by atoms with Gasteiger partial charge in [0.1, 0.15) is 5.75 Å². The summed E-state index contributed by atoms with van der Waals surface area (Å²) in [6, 6.07) is 12.5. The van der Waals surface area contributed by atoms with Crippen molar-refractivity contribution in [2.45, 2.75) is 0 Å². The van der Waals surface area contributed by atoms with Crippen LogP contribution in [-0.2, 0) is 7.05 Å². The average Bonchev–Trinajstić information content (AvgIpc) is 3.39. The quantitative estimate of drug-likeness (QED) is 0.325. The number of urea groups is 1. The number of aromatic nitrogens is 3. The van der Waals surface area contributed by atoms with Crippen LogP contribution in [0.25, 0.3) is 10.6 Å². The zero-order valence-electron chi connectivity index (χ0n) is 16.5. The lowest BCUT2D eigenvalue weighted by Gasteiger charge is -2.07. The summed E-state index contributed by atoms with van der Waals surface area (Å²) in [5.74, 6) is -0.285. The fraction of sp³-hybridized carbons (Fsp3) is 0.0476. The third-order valence-electron chi connectivity index (χ3n) is 4.49. The molecule has 162 valence electrons. The van der Waals surface area contributed by atoms with Crippen molar-refractivity contribution in [1.29, 1.82) is 0 Å². The van der Waals surface area contributed by atoms with E-state index in [1.807, 2.05) is 0 Å². The van der Waals surface area contributed by atoms with Crippen LogP contribution in [0.3, 0.4) is 0 Å². The number of hydrogen-bond acceptors (Lipinski definition) is 6. The molecule has 2 aromatic heterocycles. The van der Waals surface area contributed by atoms with E-state index in [-0.39, 0.29) is 21.7 Å². The monoisotopic (exact) mass is 487 g/mol. The smallest absolute Gasteiger partial charge is 0.325 e. The minimum absolute atomic E-state index is 0.0870. The van der Waals surface area contributed by atoms with Crippen LogP contribution < -0.4 is 10.6 Å². The Labute approximate surface area is 196 Å². The number of aromatic hydroxyl groups is 1. The number of carbonyl (C=O) groups excluding carboxylic acids is 2. The number of aryl methyl sites for hydroxylation is 1. The molecule has 11 heteroatoms. The number of anilines is 2. The van der Waals surface area contributed by atoms with Gasteiger partial charge in [0.15, 0.2) is 5.01 Å². The number of amides is 2. The highest BCUT2D eigenvalue weighted by molar-refractivity contribution is 7.18. The van der Waals surface area contributed by atoms with Crippen molar-refractivity contribution in [3.8, 4) is 16.3 Å². The molecule has 0 unspecified atom stereocenters.